The van der Waals surface area contributed by atoms with E-state index in [9.17, 15) is 13.2 Å². The monoisotopic (exact) mass is 613 g/mol. The Hall–Kier alpha value is -2.48. The number of hydrazone groups is 1. The molecule has 0 amide bonds. The highest BCUT2D eigenvalue weighted by atomic mass is 35.5. The van der Waals surface area contributed by atoms with Gasteiger partial charge in [0.05, 0.1) is 17.8 Å². The van der Waals surface area contributed by atoms with Crippen LogP contribution in [0.15, 0.2) is 93.3 Å². The van der Waals surface area contributed by atoms with Crippen LogP contribution in [0, 0.1) is 0 Å². The molecule has 3 nitrogen and oxygen atoms in total. The van der Waals surface area contributed by atoms with Crippen LogP contribution >= 0.6 is 35.1 Å². The fourth-order valence-electron chi connectivity index (χ4n) is 3.29. The SMILES string of the molecule is CC.CC.CC.CC.FC(F)(F)c1ccc(SN=C(Cl)N2CC(c3ccccc3)C(c3ccc(Cl)cc3)=N2)cc1. The number of hydrogen-bond donors (Lipinski definition) is 0. The van der Waals surface area contributed by atoms with Crippen molar-refractivity contribution in [2.75, 3.05) is 6.54 Å². The maximum Gasteiger partial charge on any atom is 0.416 e. The van der Waals surface area contributed by atoms with Gasteiger partial charge in [0.15, 0.2) is 0 Å². The van der Waals surface area contributed by atoms with E-state index >= 15 is 0 Å². The van der Waals surface area contributed by atoms with E-state index in [-0.39, 0.29) is 11.2 Å². The summed E-state index contributed by atoms with van der Waals surface area (Å²) < 4.78 is 42.4. The molecule has 0 N–H and O–H groups in total. The van der Waals surface area contributed by atoms with Crippen molar-refractivity contribution >= 4 is 46.2 Å². The van der Waals surface area contributed by atoms with Crippen LogP contribution in [0.25, 0.3) is 0 Å². The van der Waals surface area contributed by atoms with Gasteiger partial charge in [-0.25, -0.2) is 5.01 Å². The lowest BCUT2D eigenvalue weighted by Gasteiger charge is -2.15. The molecule has 1 heterocycles. The van der Waals surface area contributed by atoms with Gasteiger partial charge in [-0.05, 0) is 59.1 Å². The molecule has 0 fully saturated rings. The molecule has 0 bridgehead atoms. The first-order valence-corrected chi connectivity index (χ1v) is 15.1. The molecule has 3 aromatic carbocycles. The van der Waals surface area contributed by atoms with E-state index in [1.807, 2.05) is 97.9 Å². The molecule has 3 aromatic rings. The quantitative estimate of drug-likeness (QED) is 0.127. The van der Waals surface area contributed by atoms with E-state index in [0.29, 0.717) is 16.5 Å². The maximum atomic E-state index is 12.7. The summed E-state index contributed by atoms with van der Waals surface area (Å²) in [7, 11) is 0. The van der Waals surface area contributed by atoms with Gasteiger partial charge in [0.2, 0.25) is 5.29 Å². The highest BCUT2D eigenvalue weighted by Gasteiger charge is 2.31. The van der Waals surface area contributed by atoms with Crippen LogP contribution in [0.4, 0.5) is 13.2 Å². The van der Waals surface area contributed by atoms with Gasteiger partial charge in [-0.3, -0.25) is 0 Å². The van der Waals surface area contributed by atoms with Gasteiger partial charge < -0.3 is 0 Å². The Morgan fingerprint density at radius 3 is 1.85 bits per heavy atom. The van der Waals surface area contributed by atoms with Crippen LogP contribution in [0.5, 0.6) is 0 Å². The van der Waals surface area contributed by atoms with E-state index in [1.165, 1.54) is 12.1 Å². The van der Waals surface area contributed by atoms with Crippen molar-refractivity contribution in [3.63, 3.8) is 0 Å². The Bertz CT molecular complexity index is 1140. The van der Waals surface area contributed by atoms with Crippen molar-refractivity contribution in [1.29, 1.82) is 0 Å². The fraction of sp³-hybridized carbons (Fsp3) is 0.355. The Morgan fingerprint density at radius 1 is 0.825 bits per heavy atom. The maximum absolute atomic E-state index is 12.7. The van der Waals surface area contributed by atoms with E-state index in [0.717, 1.165) is 40.9 Å². The molecule has 1 unspecified atom stereocenters. The number of halogens is 5. The molecule has 40 heavy (non-hydrogen) atoms. The predicted molar refractivity (Wildman–Crippen MR) is 170 cm³/mol. The first kappa shape index (κ1) is 37.5. The van der Waals surface area contributed by atoms with Crippen molar-refractivity contribution in [2.45, 2.75) is 72.4 Å². The van der Waals surface area contributed by atoms with E-state index in [2.05, 4.69) is 9.50 Å². The molecule has 220 valence electrons. The number of rotatable bonds is 4. The van der Waals surface area contributed by atoms with Gasteiger partial charge in [-0.1, -0.05) is 109 Å². The van der Waals surface area contributed by atoms with Gasteiger partial charge >= 0.3 is 6.18 Å². The molecule has 0 aliphatic carbocycles. The average molecular weight is 615 g/mol. The van der Waals surface area contributed by atoms with E-state index in [1.54, 1.807) is 17.1 Å². The summed E-state index contributed by atoms with van der Waals surface area (Å²) in [5, 5.41) is 7.06. The summed E-state index contributed by atoms with van der Waals surface area (Å²) in [6.07, 6.45) is -4.38. The highest BCUT2D eigenvalue weighted by molar-refractivity contribution is 7.98. The van der Waals surface area contributed by atoms with Crippen molar-refractivity contribution < 1.29 is 13.2 Å². The third-order valence-electron chi connectivity index (χ3n) is 4.88. The second kappa shape index (κ2) is 20.4. The van der Waals surface area contributed by atoms with Gasteiger partial charge in [-0.15, -0.1) is 0 Å². The van der Waals surface area contributed by atoms with Crippen LogP contribution in [0.1, 0.15) is 78.0 Å². The summed E-state index contributed by atoms with van der Waals surface area (Å²) >= 11 is 13.4. The van der Waals surface area contributed by atoms with Crippen LogP contribution < -0.4 is 0 Å². The number of alkyl halides is 3. The summed E-state index contributed by atoms with van der Waals surface area (Å²) in [5.74, 6) is -0.0302. The Kier molecular flexibility index (Phi) is 19.1. The molecule has 9 heteroatoms. The van der Waals surface area contributed by atoms with Crippen LogP contribution in [0.2, 0.25) is 5.02 Å². The molecule has 0 saturated carbocycles. The smallest absolute Gasteiger partial charge is 0.236 e. The molecule has 1 atom stereocenters. The Balaban J connectivity index is 0.00000175. The molecular formula is C31H40Cl2F3N3S. The van der Waals surface area contributed by atoms with Crippen LogP contribution in [-0.4, -0.2) is 22.6 Å². The lowest BCUT2D eigenvalue weighted by Crippen LogP contribution is -2.21. The summed E-state index contributed by atoms with van der Waals surface area (Å²) in [6.45, 7) is 16.5. The van der Waals surface area contributed by atoms with Crippen LogP contribution in [0.3, 0.4) is 0 Å². The van der Waals surface area contributed by atoms with Crippen molar-refractivity contribution in [3.05, 3.63) is 101 Å². The van der Waals surface area contributed by atoms with Gasteiger partial charge in [0, 0.05) is 27.8 Å². The van der Waals surface area contributed by atoms with Gasteiger partial charge in [0.25, 0.3) is 0 Å². The lowest BCUT2D eigenvalue weighted by atomic mass is 9.91. The van der Waals surface area contributed by atoms with Crippen molar-refractivity contribution in [2.24, 2.45) is 9.50 Å². The summed E-state index contributed by atoms with van der Waals surface area (Å²) in [6, 6.07) is 22.1. The molecule has 0 radical (unpaired) electrons. The number of nitrogens with zero attached hydrogens (tertiary/aromatic N) is 3. The first-order valence-electron chi connectivity index (χ1n) is 13.6. The minimum absolute atomic E-state index is 0.0302. The molecular weight excluding hydrogens is 574 g/mol. The van der Waals surface area contributed by atoms with Crippen molar-refractivity contribution in [3.8, 4) is 0 Å². The first-order chi connectivity index (χ1) is 19.3. The summed E-state index contributed by atoms with van der Waals surface area (Å²) in [4.78, 5) is 0.539. The standard InChI is InChI=1S/C23H16Cl2F3N3S.4C2H6/c24-18-10-6-16(7-11-18)21-20(15-4-2-1-3-5-15)14-31(29-21)22(25)30-32-19-12-8-17(9-13-19)23(26,27)28;4*1-2/h1-13,20H,14H2;4*1-2H3. The molecule has 4 rings (SSSR count). The topological polar surface area (TPSA) is 28.0 Å². The largest absolute Gasteiger partial charge is 0.416 e. The number of hydrogen-bond acceptors (Lipinski definition) is 3. The van der Waals surface area contributed by atoms with E-state index in [4.69, 9.17) is 23.2 Å². The lowest BCUT2D eigenvalue weighted by molar-refractivity contribution is -0.137. The Labute approximate surface area is 252 Å². The fourth-order valence-corrected chi connectivity index (χ4v) is 4.16. The minimum Gasteiger partial charge on any atom is -0.236 e. The molecule has 1 aliphatic heterocycles. The third-order valence-corrected chi connectivity index (χ3v) is 6.26. The molecule has 0 saturated heterocycles. The summed E-state index contributed by atoms with van der Waals surface area (Å²) in [5.41, 5.74) is 2.13. The molecule has 0 spiro atoms. The number of benzene rings is 3. The van der Waals surface area contributed by atoms with Gasteiger partial charge in [-0.2, -0.15) is 22.7 Å². The third kappa shape index (κ3) is 11.6. The zero-order valence-corrected chi connectivity index (χ0v) is 26.8. The molecule has 1 aliphatic rings. The predicted octanol–water partition coefficient (Wildman–Crippen LogP) is 11.6. The van der Waals surface area contributed by atoms with Gasteiger partial charge in [0.1, 0.15) is 0 Å². The Morgan fingerprint density at radius 2 is 1.35 bits per heavy atom. The van der Waals surface area contributed by atoms with Crippen molar-refractivity contribution in [1.82, 2.24) is 5.01 Å². The zero-order valence-electron chi connectivity index (χ0n) is 24.4. The average Bonchev–Trinajstić information content (AvgIpc) is 3.46. The van der Waals surface area contributed by atoms with E-state index < -0.39 is 11.7 Å². The number of amidine groups is 1. The second-order valence-corrected chi connectivity index (χ2v) is 8.62. The zero-order chi connectivity index (χ0) is 30.7. The highest BCUT2D eigenvalue weighted by Crippen LogP contribution is 2.33. The second-order valence-electron chi connectivity index (χ2n) is 7.01. The molecule has 0 aromatic heterocycles. The van der Waals surface area contributed by atoms with Crippen LogP contribution in [-0.2, 0) is 6.18 Å². The minimum atomic E-state index is -4.38. The normalized spacial score (nSPS) is 14.1.